The van der Waals surface area contributed by atoms with Crippen molar-refractivity contribution in [1.29, 1.82) is 0 Å². The molecule has 0 aliphatic heterocycles. The molecule has 6 heteroatoms. The van der Waals surface area contributed by atoms with E-state index >= 15 is 0 Å². The Balaban J connectivity index is 1.81. The highest BCUT2D eigenvalue weighted by atomic mass is 32.1. The molecule has 0 amide bonds. The summed E-state index contributed by atoms with van der Waals surface area (Å²) < 4.78 is 5.55. The Morgan fingerprint density at radius 2 is 2.22 bits per heavy atom. The molecule has 2 aromatic heterocycles. The molecule has 1 N–H and O–H groups in total. The molecule has 0 fully saturated rings. The lowest BCUT2D eigenvalue weighted by Gasteiger charge is -2.04. The highest BCUT2D eigenvalue weighted by molar-refractivity contribution is 7.09. The highest BCUT2D eigenvalue weighted by Gasteiger charge is 2.02. The lowest BCUT2D eigenvalue weighted by Crippen LogP contribution is -2.08. The third kappa shape index (κ3) is 3.48. The van der Waals surface area contributed by atoms with Gasteiger partial charge in [0.1, 0.15) is 0 Å². The predicted octanol–water partition coefficient (Wildman–Crippen LogP) is 1.58. The molecule has 2 heterocycles. The summed E-state index contributed by atoms with van der Waals surface area (Å²) in [6.45, 7) is 3.33. The first-order chi connectivity index (χ1) is 8.79. The van der Waals surface area contributed by atoms with Crippen molar-refractivity contribution in [3.05, 3.63) is 33.9 Å². The zero-order chi connectivity index (χ0) is 12.8. The van der Waals surface area contributed by atoms with Crippen molar-refractivity contribution >= 4 is 11.3 Å². The predicted molar refractivity (Wildman–Crippen MR) is 70.8 cm³/mol. The number of nitrogens with one attached hydrogen (secondary N) is 1. The number of aromatic nitrogens is 3. The summed E-state index contributed by atoms with van der Waals surface area (Å²) in [6, 6.07) is 3.76. The largest absolute Gasteiger partial charge is 0.476 e. The minimum absolute atomic E-state index is 0.567. The van der Waals surface area contributed by atoms with Gasteiger partial charge in [-0.05, 0) is 20.0 Å². The Labute approximate surface area is 110 Å². The number of rotatable bonds is 6. The Morgan fingerprint density at radius 1 is 1.33 bits per heavy atom. The van der Waals surface area contributed by atoms with Crippen molar-refractivity contribution in [2.45, 2.75) is 19.9 Å². The van der Waals surface area contributed by atoms with Gasteiger partial charge in [-0.25, -0.2) is 4.98 Å². The maximum Gasteiger partial charge on any atom is 0.233 e. The fourth-order valence-electron chi connectivity index (χ4n) is 1.51. The number of ether oxygens (including phenoxy) is 1. The smallest absolute Gasteiger partial charge is 0.233 e. The molecule has 0 bridgehead atoms. The van der Waals surface area contributed by atoms with Gasteiger partial charge in [-0.15, -0.1) is 16.4 Å². The lowest BCUT2D eigenvalue weighted by atomic mass is 10.3. The van der Waals surface area contributed by atoms with Crippen LogP contribution in [0.2, 0.25) is 0 Å². The van der Waals surface area contributed by atoms with E-state index in [0.717, 1.165) is 17.8 Å². The van der Waals surface area contributed by atoms with E-state index in [4.69, 9.17) is 4.74 Å². The fraction of sp³-hybridized carbons (Fsp3) is 0.417. The van der Waals surface area contributed by atoms with Crippen molar-refractivity contribution in [3.8, 4) is 5.88 Å². The summed E-state index contributed by atoms with van der Waals surface area (Å²) in [7, 11) is 1.88. The second-order valence-electron chi connectivity index (χ2n) is 3.85. The number of aryl methyl sites for hydroxylation is 1. The third-order valence-corrected chi connectivity index (χ3v) is 3.47. The number of thiazole rings is 1. The van der Waals surface area contributed by atoms with Gasteiger partial charge in [0.25, 0.3) is 0 Å². The van der Waals surface area contributed by atoms with Crippen molar-refractivity contribution < 1.29 is 4.74 Å². The summed E-state index contributed by atoms with van der Waals surface area (Å²) in [5, 5.41) is 11.1. The summed E-state index contributed by atoms with van der Waals surface area (Å²) in [5.74, 6) is 0.567. The molecule has 0 saturated carbocycles. The average Bonchev–Trinajstić information content (AvgIpc) is 2.78. The van der Waals surface area contributed by atoms with E-state index in [0.29, 0.717) is 19.0 Å². The molecule has 96 valence electrons. The molecular weight excluding hydrogens is 248 g/mol. The van der Waals surface area contributed by atoms with Gasteiger partial charge in [-0.2, -0.15) is 5.10 Å². The van der Waals surface area contributed by atoms with E-state index in [1.54, 1.807) is 11.3 Å². The molecule has 0 unspecified atom stereocenters. The molecule has 5 nitrogen and oxygen atoms in total. The summed E-state index contributed by atoms with van der Waals surface area (Å²) in [6.07, 6.45) is 0.858. The van der Waals surface area contributed by atoms with Crippen molar-refractivity contribution in [3.63, 3.8) is 0 Å². The quantitative estimate of drug-likeness (QED) is 0.858. The second kappa shape index (κ2) is 6.42. The van der Waals surface area contributed by atoms with Crippen LogP contribution in [0, 0.1) is 6.92 Å². The van der Waals surface area contributed by atoms with Gasteiger partial charge in [0, 0.05) is 23.9 Å². The van der Waals surface area contributed by atoms with E-state index in [9.17, 15) is 0 Å². The van der Waals surface area contributed by atoms with E-state index in [1.165, 1.54) is 4.88 Å². The van der Waals surface area contributed by atoms with Crippen molar-refractivity contribution in [1.82, 2.24) is 20.5 Å². The molecule has 2 aromatic rings. The maximum atomic E-state index is 5.55. The topological polar surface area (TPSA) is 59.9 Å². The Hall–Kier alpha value is -1.53. The van der Waals surface area contributed by atoms with E-state index in [2.05, 4.69) is 20.5 Å². The minimum atomic E-state index is 0.567. The lowest BCUT2D eigenvalue weighted by molar-refractivity contribution is 0.306. The van der Waals surface area contributed by atoms with Crippen LogP contribution in [0.1, 0.15) is 16.3 Å². The fourth-order valence-corrected chi connectivity index (χ4v) is 2.28. The van der Waals surface area contributed by atoms with Gasteiger partial charge in [0.2, 0.25) is 5.88 Å². The normalized spacial score (nSPS) is 10.6. The Bertz CT molecular complexity index is 483. The molecule has 0 spiro atoms. The molecular formula is C12H16N4OS. The first-order valence-corrected chi connectivity index (χ1v) is 6.66. The van der Waals surface area contributed by atoms with Crippen LogP contribution in [0.25, 0.3) is 0 Å². The first kappa shape index (κ1) is 12.9. The van der Waals surface area contributed by atoms with Crippen LogP contribution in [-0.4, -0.2) is 28.8 Å². The molecule has 0 radical (unpaired) electrons. The monoisotopic (exact) mass is 264 g/mol. The summed E-state index contributed by atoms with van der Waals surface area (Å²) in [5.41, 5.74) is 3.85. The van der Waals surface area contributed by atoms with Gasteiger partial charge in [-0.3, -0.25) is 0 Å². The van der Waals surface area contributed by atoms with Crippen LogP contribution < -0.4 is 10.1 Å². The third-order valence-electron chi connectivity index (χ3n) is 2.48. The molecule has 0 saturated heterocycles. The SMILES string of the molecule is CNCc1ccc(OCCc2scnc2C)nn1. The van der Waals surface area contributed by atoms with Crippen LogP contribution in [0.4, 0.5) is 0 Å². The molecule has 18 heavy (non-hydrogen) atoms. The Morgan fingerprint density at radius 3 is 2.83 bits per heavy atom. The summed E-state index contributed by atoms with van der Waals surface area (Å²) in [4.78, 5) is 5.46. The van der Waals surface area contributed by atoms with Gasteiger partial charge in [0.05, 0.1) is 23.5 Å². The molecule has 0 aliphatic carbocycles. The molecule has 0 atom stereocenters. The van der Waals surface area contributed by atoms with Gasteiger partial charge in [0.15, 0.2) is 0 Å². The minimum Gasteiger partial charge on any atom is -0.476 e. The van der Waals surface area contributed by atoms with Crippen LogP contribution in [-0.2, 0) is 13.0 Å². The zero-order valence-corrected chi connectivity index (χ0v) is 11.3. The zero-order valence-electron chi connectivity index (χ0n) is 10.5. The maximum absolute atomic E-state index is 5.55. The second-order valence-corrected chi connectivity index (χ2v) is 4.79. The number of nitrogens with zero attached hydrogens (tertiary/aromatic N) is 3. The first-order valence-electron chi connectivity index (χ1n) is 5.78. The molecule has 0 aliphatic rings. The van der Waals surface area contributed by atoms with Crippen LogP contribution >= 0.6 is 11.3 Å². The van der Waals surface area contributed by atoms with E-state index in [1.807, 2.05) is 31.6 Å². The highest BCUT2D eigenvalue weighted by Crippen LogP contribution is 2.13. The van der Waals surface area contributed by atoms with Crippen molar-refractivity contribution in [2.75, 3.05) is 13.7 Å². The molecule has 0 aromatic carbocycles. The average molecular weight is 264 g/mol. The standard InChI is InChI=1S/C12H16N4OS/c1-9-11(18-8-14-9)5-6-17-12-4-3-10(7-13-2)15-16-12/h3-4,8,13H,5-7H2,1-2H3. The number of hydrogen-bond donors (Lipinski definition) is 1. The van der Waals surface area contributed by atoms with Crippen LogP contribution in [0.5, 0.6) is 5.88 Å². The van der Waals surface area contributed by atoms with Crippen LogP contribution in [0.3, 0.4) is 0 Å². The van der Waals surface area contributed by atoms with Gasteiger partial charge in [-0.1, -0.05) is 0 Å². The van der Waals surface area contributed by atoms with E-state index < -0.39 is 0 Å². The number of hydrogen-bond acceptors (Lipinski definition) is 6. The molecule has 2 rings (SSSR count). The summed E-state index contributed by atoms with van der Waals surface area (Å²) >= 11 is 1.66. The van der Waals surface area contributed by atoms with Gasteiger partial charge >= 0.3 is 0 Å². The Kier molecular flexibility index (Phi) is 4.60. The van der Waals surface area contributed by atoms with E-state index in [-0.39, 0.29) is 0 Å². The van der Waals surface area contributed by atoms with Crippen LogP contribution in [0.15, 0.2) is 17.6 Å². The van der Waals surface area contributed by atoms with Gasteiger partial charge < -0.3 is 10.1 Å². The van der Waals surface area contributed by atoms with Crippen molar-refractivity contribution in [2.24, 2.45) is 0 Å².